The second kappa shape index (κ2) is 6.29. The van der Waals surface area contributed by atoms with E-state index in [9.17, 15) is 4.79 Å². The molecule has 2 saturated carbocycles. The van der Waals surface area contributed by atoms with Crippen LogP contribution in [0.3, 0.4) is 0 Å². The van der Waals surface area contributed by atoms with Crippen LogP contribution in [0.15, 0.2) is 18.2 Å². The van der Waals surface area contributed by atoms with Gasteiger partial charge in [0, 0.05) is 22.8 Å². The van der Waals surface area contributed by atoms with Crippen molar-refractivity contribution in [2.45, 2.75) is 51.7 Å². The smallest absolute Gasteiger partial charge is 0.261 e. The zero-order chi connectivity index (χ0) is 17.6. The van der Waals surface area contributed by atoms with Crippen LogP contribution in [0.1, 0.15) is 47.8 Å². The molecule has 2 atom stereocenters. The Morgan fingerprint density at radius 1 is 1.40 bits per heavy atom. The van der Waals surface area contributed by atoms with Gasteiger partial charge >= 0.3 is 0 Å². The van der Waals surface area contributed by atoms with Gasteiger partial charge in [0.05, 0.1) is 18.1 Å². The van der Waals surface area contributed by atoms with E-state index in [1.165, 1.54) is 19.3 Å². The van der Waals surface area contributed by atoms with Gasteiger partial charge in [-0.1, -0.05) is 6.42 Å². The summed E-state index contributed by atoms with van der Waals surface area (Å²) in [4.78, 5) is 13.7. The van der Waals surface area contributed by atoms with Gasteiger partial charge in [-0.2, -0.15) is 0 Å². The lowest BCUT2D eigenvalue weighted by molar-refractivity contribution is -0.169. The molecule has 25 heavy (non-hydrogen) atoms. The first-order chi connectivity index (χ1) is 12.1. The van der Waals surface area contributed by atoms with E-state index in [4.69, 9.17) is 9.47 Å². The Balaban J connectivity index is 1.54. The summed E-state index contributed by atoms with van der Waals surface area (Å²) in [6.45, 7) is 4.83. The second-order valence-electron chi connectivity index (χ2n) is 7.21. The standard InChI is InChI=1S/C20H25NO3S/c1-4-24-17-11-16(20(17)8-5-9-20)21-19(22)18-12(2)14-10-13(23-3)6-7-15(14)25-18/h6-7,10,16-17H,4-5,8-9,11H2,1-3H3,(H,21,22)/t16-,17+/m0/s1. The number of aryl methyl sites for hydroxylation is 1. The van der Waals surface area contributed by atoms with Gasteiger partial charge in [-0.05, 0) is 62.3 Å². The van der Waals surface area contributed by atoms with Crippen LogP contribution in [0.25, 0.3) is 10.1 Å². The molecule has 134 valence electrons. The number of carbonyl (C=O) groups excluding carboxylic acids is 1. The second-order valence-corrected chi connectivity index (χ2v) is 8.26. The van der Waals surface area contributed by atoms with Gasteiger partial charge in [-0.25, -0.2) is 0 Å². The van der Waals surface area contributed by atoms with Gasteiger partial charge in [0.1, 0.15) is 5.75 Å². The summed E-state index contributed by atoms with van der Waals surface area (Å²) in [5.74, 6) is 0.885. The van der Waals surface area contributed by atoms with Crippen LogP contribution in [0.5, 0.6) is 5.75 Å². The van der Waals surface area contributed by atoms with Crippen molar-refractivity contribution in [1.82, 2.24) is 5.32 Å². The first-order valence-corrected chi connectivity index (χ1v) is 9.90. The van der Waals surface area contributed by atoms with E-state index < -0.39 is 0 Å². The van der Waals surface area contributed by atoms with Crippen LogP contribution in [0.4, 0.5) is 0 Å². The minimum Gasteiger partial charge on any atom is -0.497 e. The van der Waals surface area contributed by atoms with Gasteiger partial charge < -0.3 is 14.8 Å². The minimum atomic E-state index is 0.0592. The lowest BCUT2D eigenvalue weighted by Gasteiger charge is -2.60. The summed E-state index contributed by atoms with van der Waals surface area (Å²) < 4.78 is 12.3. The van der Waals surface area contributed by atoms with Gasteiger partial charge in [-0.3, -0.25) is 4.79 Å². The van der Waals surface area contributed by atoms with E-state index in [2.05, 4.69) is 5.32 Å². The molecule has 1 aromatic carbocycles. The van der Waals surface area contributed by atoms with Crippen molar-refractivity contribution in [3.63, 3.8) is 0 Å². The third-order valence-corrected chi connectivity index (χ3v) is 7.36. The zero-order valence-corrected chi connectivity index (χ0v) is 15.9. The maximum absolute atomic E-state index is 12.9. The SMILES string of the molecule is CCO[C@@H]1C[C@H](NC(=O)c2sc3ccc(OC)cc3c2C)C12CCC2. The quantitative estimate of drug-likeness (QED) is 0.866. The highest BCUT2D eigenvalue weighted by Crippen LogP contribution is 2.57. The van der Waals surface area contributed by atoms with Crippen LogP contribution in [0, 0.1) is 12.3 Å². The Morgan fingerprint density at radius 2 is 2.20 bits per heavy atom. The van der Waals surface area contributed by atoms with Crippen molar-refractivity contribution < 1.29 is 14.3 Å². The number of benzene rings is 1. The van der Waals surface area contributed by atoms with Crippen molar-refractivity contribution in [2.24, 2.45) is 5.41 Å². The number of rotatable bonds is 5. The van der Waals surface area contributed by atoms with Crippen LogP contribution in [-0.4, -0.2) is 31.8 Å². The molecule has 4 nitrogen and oxygen atoms in total. The molecule has 0 radical (unpaired) electrons. The highest BCUT2D eigenvalue weighted by atomic mass is 32.1. The number of nitrogens with one attached hydrogen (secondary N) is 1. The fourth-order valence-electron chi connectivity index (χ4n) is 4.41. The highest BCUT2D eigenvalue weighted by molar-refractivity contribution is 7.21. The number of fused-ring (bicyclic) bond motifs is 1. The predicted octanol–water partition coefficient (Wildman–Crippen LogP) is 4.30. The summed E-state index contributed by atoms with van der Waals surface area (Å²) >= 11 is 1.57. The normalized spacial score (nSPS) is 24.0. The molecule has 1 heterocycles. The van der Waals surface area contributed by atoms with Crippen LogP contribution in [-0.2, 0) is 4.74 Å². The van der Waals surface area contributed by atoms with Crippen LogP contribution >= 0.6 is 11.3 Å². The number of hydrogen-bond acceptors (Lipinski definition) is 4. The monoisotopic (exact) mass is 359 g/mol. The minimum absolute atomic E-state index is 0.0592. The lowest BCUT2D eigenvalue weighted by Crippen LogP contribution is -2.67. The van der Waals surface area contributed by atoms with E-state index in [1.807, 2.05) is 32.0 Å². The molecule has 2 fully saturated rings. The van der Waals surface area contributed by atoms with Gasteiger partial charge in [0.25, 0.3) is 5.91 Å². The fourth-order valence-corrected chi connectivity index (χ4v) is 5.50. The van der Waals surface area contributed by atoms with Crippen molar-refractivity contribution >= 4 is 27.3 Å². The van der Waals surface area contributed by atoms with Gasteiger partial charge in [0.15, 0.2) is 0 Å². The summed E-state index contributed by atoms with van der Waals surface area (Å²) in [5, 5.41) is 4.41. The van der Waals surface area contributed by atoms with Crippen molar-refractivity contribution in [3.05, 3.63) is 28.6 Å². The Labute approximate surface area is 152 Å². The molecule has 1 amide bonds. The van der Waals surface area contributed by atoms with Crippen LogP contribution in [0.2, 0.25) is 0 Å². The summed E-state index contributed by atoms with van der Waals surface area (Å²) in [7, 11) is 1.67. The molecular formula is C20H25NO3S. The lowest BCUT2D eigenvalue weighted by atomic mass is 9.51. The zero-order valence-electron chi connectivity index (χ0n) is 15.1. The number of amides is 1. The largest absolute Gasteiger partial charge is 0.497 e. The molecule has 4 rings (SSSR count). The molecule has 2 aromatic rings. The Kier molecular flexibility index (Phi) is 4.24. The fraction of sp³-hybridized carbons (Fsp3) is 0.550. The Morgan fingerprint density at radius 3 is 2.84 bits per heavy atom. The molecule has 1 spiro atoms. The van der Waals surface area contributed by atoms with E-state index in [1.54, 1.807) is 18.4 Å². The Bertz CT molecular complexity index is 809. The van der Waals surface area contributed by atoms with Crippen LogP contribution < -0.4 is 10.1 Å². The Hall–Kier alpha value is -1.59. The first-order valence-electron chi connectivity index (χ1n) is 9.08. The van der Waals surface area contributed by atoms with Crippen molar-refractivity contribution in [2.75, 3.05) is 13.7 Å². The van der Waals surface area contributed by atoms with Gasteiger partial charge in [0.2, 0.25) is 0 Å². The first kappa shape index (κ1) is 16.9. The average molecular weight is 359 g/mol. The molecule has 0 saturated heterocycles. The van der Waals surface area contributed by atoms with E-state index in [-0.39, 0.29) is 17.4 Å². The molecule has 1 aromatic heterocycles. The molecule has 1 N–H and O–H groups in total. The molecule has 0 bridgehead atoms. The molecule has 0 aliphatic heterocycles. The number of ether oxygens (including phenoxy) is 2. The summed E-state index contributed by atoms with van der Waals surface area (Å²) in [6.07, 6.45) is 4.86. The topological polar surface area (TPSA) is 47.6 Å². The molecule has 0 unspecified atom stereocenters. The number of hydrogen-bond donors (Lipinski definition) is 1. The van der Waals surface area contributed by atoms with E-state index in [0.29, 0.717) is 6.10 Å². The third kappa shape index (κ3) is 2.56. The number of methoxy groups -OCH3 is 1. The highest BCUT2D eigenvalue weighted by Gasteiger charge is 2.59. The summed E-state index contributed by atoms with van der Waals surface area (Å²) in [5.41, 5.74) is 1.24. The molecule has 2 aliphatic carbocycles. The van der Waals surface area contributed by atoms with E-state index >= 15 is 0 Å². The van der Waals surface area contributed by atoms with Crippen molar-refractivity contribution in [1.29, 1.82) is 0 Å². The predicted molar refractivity (Wildman–Crippen MR) is 101 cm³/mol. The maximum atomic E-state index is 12.9. The molecule has 5 heteroatoms. The molecule has 2 aliphatic rings. The van der Waals surface area contributed by atoms with Gasteiger partial charge in [-0.15, -0.1) is 11.3 Å². The third-order valence-electron chi connectivity index (χ3n) is 6.09. The number of thiophene rings is 1. The average Bonchev–Trinajstić information content (AvgIpc) is 2.88. The van der Waals surface area contributed by atoms with Crippen molar-refractivity contribution in [3.8, 4) is 5.75 Å². The molecular weight excluding hydrogens is 334 g/mol. The maximum Gasteiger partial charge on any atom is 0.261 e. The van der Waals surface area contributed by atoms with E-state index in [0.717, 1.165) is 39.3 Å². The number of carbonyl (C=O) groups is 1. The summed E-state index contributed by atoms with van der Waals surface area (Å²) in [6, 6.07) is 6.25.